The minimum Gasteiger partial charge on any atom is -0.494 e. The molecule has 3 nitrogen and oxygen atoms in total. The largest absolute Gasteiger partial charge is 0.494 e. The lowest BCUT2D eigenvalue weighted by Crippen LogP contribution is -2.37. The lowest BCUT2D eigenvalue weighted by molar-refractivity contribution is -0.122. The molecule has 3 rings (SSSR count). The molecule has 0 aromatic heterocycles. The van der Waals surface area contributed by atoms with Crippen LogP contribution in [0.2, 0.25) is 0 Å². The lowest BCUT2D eigenvalue weighted by atomic mass is 9.87. The smallest absolute Gasteiger partial charge is 0.220 e. The average molecular weight is 327 g/mol. The fourth-order valence-corrected chi connectivity index (χ4v) is 3.70. The molecule has 1 saturated carbocycles. The van der Waals surface area contributed by atoms with Crippen molar-refractivity contribution >= 4 is 5.91 Å². The van der Waals surface area contributed by atoms with Crippen LogP contribution >= 0.6 is 0 Å². The number of hydrogen-bond donors (Lipinski definition) is 1. The van der Waals surface area contributed by atoms with Gasteiger partial charge in [-0.05, 0) is 54.2 Å². The number of allylic oxidation sites excluding steroid dienone is 1. The minimum atomic E-state index is 0.158. The van der Waals surface area contributed by atoms with Crippen LogP contribution in [0.3, 0.4) is 0 Å². The van der Waals surface area contributed by atoms with Gasteiger partial charge in [0.05, 0.1) is 6.61 Å². The van der Waals surface area contributed by atoms with E-state index < -0.39 is 0 Å². The van der Waals surface area contributed by atoms with Gasteiger partial charge in [-0.1, -0.05) is 45.1 Å². The summed E-state index contributed by atoms with van der Waals surface area (Å²) in [5.41, 5.74) is 1.46. The fraction of sp³-hybridized carbons (Fsp3) is 0.571. The number of ether oxygens (including phenoxy) is 1. The van der Waals surface area contributed by atoms with E-state index in [1.54, 1.807) is 0 Å². The maximum absolute atomic E-state index is 12.1. The topological polar surface area (TPSA) is 38.3 Å². The van der Waals surface area contributed by atoms with Crippen LogP contribution in [0.4, 0.5) is 0 Å². The van der Waals surface area contributed by atoms with Gasteiger partial charge in [0.25, 0.3) is 0 Å². The molecule has 1 amide bonds. The minimum absolute atomic E-state index is 0.158. The standard InChI is InChI=1S/C21H29NO2/c1-21(2,3)17-8-10-18(11-9-17)24-12-4-5-20(23)22-19-14-15-6-7-16(19)13-15/h6-11,15-16,19H,4-5,12-14H2,1-3H3,(H,22,23). The number of benzene rings is 1. The predicted molar refractivity (Wildman–Crippen MR) is 97.2 cm³/mol. The van der Waals surface area contributed by atoms with Crippen LogP contribution in [0, 0.1) is 11.8 Å². The molecule has 3 unspecified atom stereocenters. The van der Waals surface area contributed by atoms with Gasteiger partial charge < -0.3 is 10.1 Å². The van der Waals surface area contributed by atoms with Crippen molar-refractivity contribution < 1.29 is 9.53 Å². The number of carbonyl (C=O) groups is 1. The molecule has 0 heterocycles. The predicted octanol–water partition coefficient (Wildman–Crippen LogP) is 4.22. The average Bonchev–Trinajstić information content (AvgIpc) is 3.14. The Labute approximate surface area is 145 Å². The summed E-state index contributed by atoms with van der Waals surface area (Å²) in [7, 11) is 0. The highest BCUT2D eigenvalue weighted by atomic mass is 16.5. The van der Waals surface area contributed by atoms with Crippen LogP contribution in [0.25, 0.3) is 0 Å². The Kier molecular flexibility index (Phi) is 4.98. The summed E-state index contributed by atoms with van der Waals surface area (Å²) < 4.78 is 5.75. The summed E-state index contributed by atoms with van der Waals surface area (Å²) in [6.07, 6.45) is 8.19. The van der Waals surface area contributed by atoms with Crippen LogP contribution in [0.1, 0.15) is 52.0 Å². The second kappa shape index (κ2) is 7.00. The summed E-state index contributed by atoms with van der Waals surface area (Å²) in [5, 5.41) is 3.19. The number of carbonyl (C=O) groups excluding carboxylic acids is 1. The molecule has 3 atom stereocenters. The molecule has 0 saturated heterocycles. The Bertz CT molecular complexity index is 597. The van der Waals surface area contributed by atoms with Crippen molar-refractivity contribution in [2.24, 2.45) is 11.8 Å². The van der Waals surface area contributed by atoms with Gasteiger partial charge in [0.1, 0.15) is 5.75 Å². The van der Waals surface area contributed by atoms with Crippen LogP contribution in [-0.4, -0.2) is 18.6 Å². The van der Waals surface area contributed by atoms with Gasteiger partial charge in [-0.25, -0.2) is 0 Å². The third-order valence-corrected chi connectivity index (χ3v) is 5.16. The summed E-state index contributed by atoms with van der Waals surface area (Å²) >= 11 is 0. The summed E-state index contributed by atoms with van der Waals surface area (Å²) in [4.78, 5) is 12.1. The van der Waals surface area contributed by atoms with Crippen molar-refractivity contribution in [1.29, 1.82) is 0 Å². The highest BCUT2D eigenvalue weighted by Crippen LogP contribution is 2.38. The molecule has 0 radical (unpaired) electrons. The van der Waals surface area contributed by atoms with Gasteiger partial charge in [-0.15, -0.1) is 0 Å². The molecule has 2 aliphatic rings. The quantitative estimate of drug-likeness (QED) is 0.627. The zero-order valence-electron chi connectivity index (χ0n) is 15.0. The zero-order chi connectivity index (χ0) is 17.2. The Morgan fingerprint density at radius 3 is 2.50 bits per heavy atom. The van der Waals surface area contributed by atoms with Gasteiger partial charge in [0.2, 0.25) is 5.91 Å². The van der Waals surface area contributed by atoms with Crippen molar-refractivity contribution in [1.82, 2.24) is 5.32 Å². The monoisotopic (exact) mass is 327 g/mol. The second-order valence-corrected chi connectivity index (χ2v) is 8.18. The molecular formula is C21H29NO2. The zero-order valence-corrected chi connectivity index (χ0v) is 15.0. The number of hydrogen-bond acceptors (Lipinski definition) is 2. The van der Waals surface area contributed by atoms with Crippen LogP contribution in [0.15, 0.2) is 36.4 Å². The van der Waals surface area contributed by atoms with Crippen LogP contribution < -0.4 is 10.1 Å². The van der Waals surface area contributed by atoms with Gasteiger partial charge in [-0.2, -0.15) is 0 Å². The highest BCUT2D eigenvalue weighted by molar-refractivity contribution is 5.76. The molecule has 2 bridgehead atoms. The number of nitrogens with one attached hydrogen (secondary N) is 1. The van der Waals surface area contributed by atoms with E-state index in [-0.39, 0.29) is 11.3 Å². The Balaban J connectivity index is 1.35. The van der Waals surface area contributed by atoms with Gasteiger partial charge >= 0.3 is 0 Å². The Morgan fingerprint density at radius 1 is 1.17 bits per heavy atom. The van der Waals surface area contributed by atoms with E-state index in [1.807, 2.05) is 12.1 Å². The van der Waals surface area contributed by atoms with E-state index in [0.717, 1.165) is 18.6 Å². The molecule has 3 heteroatoms. The molecule has 1 aromatic rings. The molecule has 24 heavy (non-hydrogen) atoms. The van der Waals surface area contributed by atoms with Gasteiger partial charge in [0.15, 0.2) is 0 Å². The van der Waals surface area contributed by atoms with E-state index in [9.17, 15) is 4.79 Å². The van der Waals surface area contributed by atoms with Gasteiger partial charge in [-0.3, -0.25) is 4.79 Å². The first-order valence-corrected chi connectivity index (χ1v) is 9.13. The molecular weight excluding hydrogens is 298 g/mol. The number of fused-ring (bicyclic) bond motifs is 2. The summed E-state index contributed by atoms with van der Waals surface area (Å²) in [6, 6.07) is 8.62. The molecule has 0 aliphatic heterocycles. The molecule has 1 fully saturated rings. The Morgan fingerprint density at radius 2 is 1.92 bits per heavy atom. The molecule has 2 aliphatic carbocycles. The summed E-state index contributed by atoms with van der Waals surface area (Å²) in [6.45, 7) is 7.19. The van der Waals surface area contributed by atoms with Crippen LogP contribution in [-0.2, 0) is 10.2 Å². The number of rotatable bonds is 6. The number of amides is 1. The van der Waals surface area contributed by atoms with Crippen molar-refractivity contribution in [3.05, 3.63) is 42.0 Å². The maximum Gasteiger partial charge on any atom is 0.220 e. The second-order valence-electron chi connectivity index (χ2n) is 8.18. The maximum atomic E-state index is 12.1. The van der Waals surface area contributed by atoms with Crippen molar-refractivity contribution in [2.45, 2.75) is 57.9 Å². The highest BCUT2D eigenvalue weighted by Gasteiger charge is 2.36. The first-order chi connectivity index (χ1) is 11.4. The molecule has 0 spiro atoms. The third kappa shape index (κ3) is 4.19. The fourth-order valence-electron chi connectivity index (χ4n) is 3.70. The molecule has 1 N–H and O–H groups in total. The van der Waals surface area contributed by atoms with E-state index in [1.165, 1.54) is 12.0 Å². The van der Waals surface area contributed by atoms with E-state index in [2.05, 4.69) is 50.4 Å². The Hall–Kier alpha value is -1.77. The van der Waals surface area contributed by atoms with E-state index in [0.29, 0.717) is 30.9 Å². The van der Waals surface area contributed by atoms with Crippen molar-refractivity contribution in [3.63, 3.8) is 0 Å². The molecule has 1 aromatic carbocycles. The van der Waals surface area contributed by atoms with Crippen LogP contribution in [0.5, 0.6) is 5.75 Å². The molecule has 130 valence electrons. The third-order valence-electron chi connectivity index (χ3n) is 5.16. The summed E-state index contributed by atoms with van der Waals surface area (Å²) in [5.74, 6) is 2.30. The van der Waals surface area contributed by atoms with E-state index in [4.69, 9.17) is 4.74 Å². The SMILES string of the molecule is CC(C)(C)c1ccc(OCCCC(=O)NC2CC3C=CC2C3)cc1. The van der Waals surface area contributed by atoms with Gasteiger partial charge in [0, 0.05) is 12.5 Å². The van der Waals surface area contributed by atoms with E-state index >= 15 is 0 Å². The van der Waals surface area contributed by atoms with Crippen molar-refractivity contribution in [3.8, 4) is 5.75 Å². The normalized spacial score (nSPS) is 25.0. The van der Waals surface area contributed by atoms with Crippen molar-refractivity contribution in [2.75, 3.05) is 6.61 Å². The first-order valence-electron chi connectivity index (χ1n) is 9.13. The first kappa shape index (κ1) is 17.1. The lowest BCUT2D eigenvalue weighted by Gasteiger charge is -2.20.